The Morgan fingerprint density at radius 3 is 2.67 bits per heavy atom. The first-order chi connectivity index (χ1) is 10.4. The largest absolute Gasteiger partial charge is 0.306 e. The van der Waals surface area contributed by atoms with Gasteiger partial charge in [-0.2, -0.15) is 0 Å². The Morgan fingerprint density at radius 2 is 1.95 bits per heavy atom. The second-order valence-corrected chi connectivity index (χ2v) is 6.84. The Hall–Kier alpha value is -0.860. The molecule has 0 amide bonds. The van der Waals surface area contributed by atoms with E-state index in [0.29, 0.717) is 12.1 Å². The topological polar surface area (TPSA) is 15.3 Å². The third-order valence-electron chi connectivity index (χ3n) is 5.02. The number of hydrogen-bond donors (Lipinski definition) is 1. The average Bonchev–Trinajstić information content (AvgIpc) is 3.27. The van der Waals surface area contributed by atoms with Crippen molar-refractivity contribution in [1.29, 1.82) is 0 Å². The standard InChI is InChI=1S/C19H30N2/c1-2-3-5-10-19(16-8-6-4-7-9-16)20-17-13-14-21(15-17)18-11-12-18/h4,6-9,17-20H,2-3,5,10-15H2,1H3. The highest BCUT2D eigenvalue weighted by atomic mass is 15.2. The number of likely N-dealkylation sites (tertiary alicyclic amines) is 1. The highest BCUT2D eigenvalue weighted by Crippen LogP contribution is 2.31. The molecule has 116 valence electrons. The number of nitrogens with one attached hydrogen (secondary N) is 1. The van der Waals surface area contributed by atoms with Gasteiger partial charge in [0.05, 0.1) is 0 Å². The maximum Gasteiger partial charge on any atom is 0.0323 e. The van der Waals surface area contributed by atoms with Crippen molar-refractivity contribution in [3.63, 3.8) is 0 Å². The second-order valence-electron chi connectivity index (χ2n) is 6.84. The van der Waals surface area contributed by atoms with Crippen LogP contribution in [-0.2, 0) is 0 Å². The summed E-state index contributed by atoms with van der Waals surface area (Å²) in [5.74, 6) is 0. The molecule has 2 atom stereocenters. The molecule has 2 nitrogen and oxygen atoms in total. The molecule has 1 aromatic rings. The lowest BCUT2D eigenvalue weighted by Gasteiger charge is -2.24. The van der Waals surface area contributed by atoms with Crippen LogP contribution in [0.4, 0.5) is 0 Å². The third kappa shape index (κ3) is 4.31. The van der Waals surface area contributed by atoms with E-state index in [1.807, 2.05) is 0 Å². The molecule has 1 saturated heterocycles. The molecule has 2 fully saturated rings. The molecule has 0 aromatic heterocycles. The van der Waals surface area contributed by atoms with Crippen LogP contribution >= 0.6 is 0 Å². The van der Waals surface area contributed by atoms with Crippen LogP contribution in [-0.4, -0.2) is 30.1 Å². The molecule has 1 aromatic carbocycles. The summed E-state index contributed by atoms with van der Waals surface area (Å²) in [6, 6.07) is 13.2. The lowest BCUT2D eigenvalue weighted by molar-refractivity contribution is 0.309. The van der Waals surface area contributed by atoms with Crippen LogP contribution in [0.25, 0.3) is 0 Å². The Balaban J connectivity index is 1.56. The fraction of sp³-hybridized carbons (Fsp3) is 0.684. The van der Waals surface area contributed by atoms with Gasteiger partial charge in [0, 0.05) is 31.2 Å². The van der Waals surface area contributed by atoms with Crippen molar-refractivity contribution in [2.45, 2.75) is 70.0 Å². The zero-order chi connectivity index (χ0) is 14.5. The Morgan fingerprint density at radius 1 is 1.14 bits per heavy atom. The maximum atomic E-state index is 3.96. The van der Waals surface area contributed by atoms with E-state index in [1.165, 1.54) is 63.6 Å². The van der Waals surface area contributed by atoms with Gasteiger partial charge in [-0.3, -0.25) is 4.90 Å². The molecule has 1 aliphatic carbocycles. The molecule has 2 unspecified atom stereocenters. The van der Waals surface area contributed by atoms with Crippen LogP contribution in [0.2, 0.25) is 0 Å². The average molecular weight is 286 g/mol. The van der Waals surface area contributed by atoms with Crippen molar-refractivity contribution in [2.75, 3.05) is 13.1 Å². The minimum Gasteiger partial charge on any atom is -0.306 e. The third-order valence-corrected chi connectivity index (χ3v) is 5.02. The number of rotatable bonds is 8. The quantitative estimate of drug-likeness (QED) is 0.723. The van der Waals surface area contributed by atoms with Crippen molar-refractivity contribution in [1.82, 2.24) is 10.2 Å². The van der Waals surface area contributed by atoms with Gasteiger partial charge in [0.15, 0.2) is 0 Å². The second kappa shape index (κ2) is 7.42. The van der Waals surface area contributed by atoms with E-state index in [2.05, 4.69) is 47.5 Å². The number of benzene rings is 1. The lowest BCUT2D eigenvalue weighted by atomic mass is 9.99. The molecule has 0 spiro atoms. The molecule has 1 N–H and O–H groups in total. The van der Waals surface area contributed by atoms with Crippen molar-refractivity contribution < 1.29 is 0 Å². The van der Waals surface area contributed by atoms with Gasteiger partial charge < -0.3 is 5.32 Å². The van der Waals surface area contributed by atoms with Crippen LogP contribution in [0, 0.1) is 0 Å². The van der Waals surface area contributed by atoms with Crippen molar-refractivity contribution in [3.8, 4) is 0 Å². The molecular weight excluding hydrogens is 256 g/mol. The van der Waals surface area contributed by atoms with E-state index < -0.39 is 0 Å². The van der Waals surface area contributed by atoms with Crippen molar-refractivity contribution in [2.24, 2.45) is 0 Å². The minimum absolute atomic E-state index is 0.543. The summed E-state index contributed by atoms with van der Waals surface area (Å²) in [6.07, 6.45) is 9.47. The monoisotopic (exact) mass is 286 g/mol. The first-order valence-electron chi connectivity index (χ1n) is 8.92. The SMILES string of the molecule is CCCCCC(NC1CCN(C2CC2)C1)c1ccccc1. The van der Waals surface area contributed by atoms with Gasteiger partial charge in [-0.25, -0.2) is 0 Å². The van der Waals surface area contributed by atoms with E-state index in [4.69, 9.17) is 0 Å². The fourth-order valence-electron chi connectivity index (χ4n) is 3.61. The molecule has 0 radical (unpaired) electrons. The van der Waals surface area contributed by atoms with Gasteiger partial charge >= 0.3 is 0 Å². The molecule has 3 rings (SSSR count). The number of hydrogen-bond acceptors (Lipinski definition) is 2. The summed E-state index contributed by atoms with van der Waals surface area (Å²) in [7, 11) is 0. The summed E-state index contributed by atoms with van der Waals surface area (Å²) in [5.41, 5.74) is 1.47. The van der Waals surface area contributed by atoms with Gasteiger partial charge in [-0.05, 0) is 31.2 Å². The normalized spacial score (nSPS) is 24.3. The maximum absolute atomic E-state index is 3.96. The summed E-state index contributed by atoms with van der Waals surface area (Å²) < 4.78 is 0. The van der Waals surface area contributed by atoms with Gasteiger partial charge in [0.1, 0.15) is 0 Å². The fourth-order valence-corrected chi connectivity index (χ4v) is 3.61. The molecule has 0 bridgehead atoms. The predicted octanol–water partition coefficient (Wildman–Crippen LogP) is 4.13. The van der Waals surface area contributed by atoms with Crippen molar-refractivity contribution in [3.05, 3.63) is 35.9 Å². The Kier molecular flexibility index (Phi) is 5.32. The smallest absolute Gasteiger partial charge is 0.0323 e. The predicted molar refractivity (Wildman–Crippen MR) is 89.5 cm³/mol. The van der Waals surface area contributed by atoms with E-state index >= 15 is 0 Å². The minimum atomic E-state index is 0.543. The van der Waals surface area contributed by atoms with Crippen LogP contribution in [0.15, 0.2) is 30.3 Å². The van der Waals surface area contributed by atoms with Gasteiger partial charge in [0.25, 0.3) is 0 Å². The zero-order valence-corrected chi connectivity index (χ0v) is 13.4. The Labute approximate surface area is 129 Å². The summed E-state index contributed by atoms with van der Waals surface area (Å²) in [5, 5.41) is 3.96. The molecular formula is C19H30N2. The Bertz CT molecular complexity index is 413. The first kappa shape index (κ1) is 15.1. The first-order valence-corrected chi connectivity index (χ1v) is 8.92. The molecule has 1 aliphatic heterocycles. The van der Waals surface area contributed by atoms with Gasteiger partial charge in [0.2, 0.25) is 0 Å². The van der Waals surface area contributed by atoms with Crippen LogP contribution in [0.5, 0.6) is 0 Å². The van der Waals surface area contributed by atoms with Crippen molar-refractivity contribution >= 4 is 0 Å². The molecule has 2 aliphatic rings. The van der Waals surface area contributed by atoms with Gasteiger partial charge in [-0.15, -0.1) is 0 Å². The van der Waals surface area contributed by atoms with E-state index in [1.54, 1.807) is 0 Å². The van der Waals surface area contributed by atoms with Crippen LogP contribution in [0.1, 0.15) is 63.5 Å². The number of unbranched alkanes of at least 4 members (excludes halogenated alkanes) is 2. The highest BCUT2D eigenvalue weighted by molar-refractivity contribution is 5.19. The summed E-state index contributed by atoms with van der Waals surface area (Å²) in [4.78, 5) is 2.70. The van der Waals surface area contributed by atoms with E-state index in [9.17, 15) is 0 Å². The summed E-state index contributed by atoms with van der Waals surface area (Å²) >= 11 is 0. The molecule has 1 heterocycles. The van der Waals surface area contributed by atoms with E-state index in [0.717, 1.165) is 6.04 Å². The highest BCUT2D eigenvalue weighted by Gasteiger charge is 2.34. The van der Waals surface area contributed by atoms with Crippen LogP contribution in [0.3, 0.4) is 0 Å². The molecule has 1 saturated carbocycles. The zero-order valence-electron chi connectivity index (χ0n) is 13.4. The lowest BCUT2D eigenvalue weighted by Crippen LogP contribution is -2.36. The van der Waals surface area contributed by atoms with Crippen LogP contribution < -0.4 is 5.32 Å². The molecule has 2 heteroatoms. The summed E-state index contributed by atoms with van der Waals surface area (Å²) in [6.45, 7) is 4.86. The molecule has 21 heavy (non-hydrogen) atoms. The van der Waals surface area contributed by atoms with E-state index in [-0.39, 0.29) is 0 Å². The van der Waals surface area contributed by atoms with Gasteiger partial charge in [-0.1, -0.05) is 56.5 Å². The number of nitrogens with zero attached hydrogens (tertiary/aromatic N) is 1.